The van der Waals surface area contributed by atoms with Crippen LogP contribution in [0.25, 0.3) is 11.6 Å². The van der Waals surface area contributed by atoms with Gasteiger partial charge < -0.3 is 4.98 Å². The fourth-order valence-corrected chi connectivity index (χ4v) is 2.99. The third-order valence-corrected chi connectivity index (χ3v) is 4.48. The highest BCUT2D eigenvalue weighted by Gasteiger charge is 2.33. The molecule has 3 aromatic rings. The van der Waals surface area contributed by atoms with Gasteiger partial charge in [0.1, 0.15) is 5.69 Å². The van der Waals surface area contributed by atoms with E-state index in [4.69, 9.17) is 11.6 Å². The maximum absolute atomic E-state index is 12.8. The molecule has 0 aliphatic heterocycles. The molecule has 2 heterocycles. The molecule has 0 saturated heterocycles. The van der Waals surface area contributed by atoms with E-state index in [0.29, 0.717) is 5.56 Å². The summed E-state index contributed by atoms with van der Waals surface area (Å²) >= 11 is 5.74. The number of Topliss-reactive ketones (excluding diaryl/α,β-unsaturated/α-hetero) is 1. The first-order valence-corrected chi connectivity index (χ1v) is 8.81. The Labute approximate surface area is 167 Å². The van der Waals surface area contributed by atoms with Crippen molar-refractivity contribution in [1.82, 2.24) is 19.9 Å². The molecular weight excluding hydrogens is 409 g/mol. The summed E-state index contributed by atoms with van der Waals surface area (Å²) in [6.07, 6.45) is -1.70. The van der Waals surface area contributed by atoms with Crippen molar-refractivity contribution in [3.05, 3.63) is 74.9 Å². The second kappa shape index (κ2) is 8.12. The van der Waals surface area contributed by atoms with Crippen LogP contribution in [0.1, 0.15) is 40.9 Å². The largest absolute Gasteiger partial charge is 0.417 e. The smallest absolute Gasteiger partial charge is 0.304 e. The first kappa shape index (κ1) is 20.7. The molecule has 0 aliphatic carbocycles. The Morgan fingerprint density at radius 2 is 1.90 bits per heavy atom. The molecule has 3 rings (SSSR count). The monoisotopic (exact) mass is 422 g/mol. The van der Waals surface area contributed by atoms with Crippen LogP contribution in [-0.2, 0) is 6.18 Å². The number of aromatic amines is 1. The minimum Gasteiger partial charge on any atom is -0.304 e. The molecule has 0 amide bonds. The maximum Gasteiger partial charge on any atom is 0.417 e. The summed E-state index contributed by atoms with van der Waals surface area (Å²) in [6, 6.07) is 6.00. The summed E-state index contributed by atoms with van der Waals surface area (Å²) in [4.78, 5) is 39.0. The molecule has 1 atom stereocenters. The van der Waals surface area contributed by atoms with Gasteiger partial charge in [0.15, 0.2) is 17.4 Å². The Hall–Kier alpha value is -3.07. The number of ketones is 1. The Kier molecular flexibility index (Phi) is 5.78. The number of halogens is 4. The van der Waals surface area contributed by atoms with Crippen LogP contribution >= 0.6 is 11.6 Å². The quantitative estimate of drug-likeness (QED) is 0.620. The van der Waals surface area contributed by atoms with E-state index in [-0.39, 0.29) is 23.8 Å². The zero-order valence-electron chi connectivity index (χ0n) is 15.0. The molecular formula is C19H14ClF3N4O2. The van der Waals surface area contributed by atoms with Crippen molar-refractivity contribution < 1.29 is 18.0 Å². The topological polar surface area (TPSA) is 88.6 Å². The van der Waals surface area contributed by atoms with Gasteiger partial charge in [-0.1, -0.05) is 24.6 Å². The van der Waals surface area contributed by atoms with Crippen molar-refractivity contribution in [3.63, 3.8) is 0 Å². The van der Waals surface area contributed by atoms with Gasteiger partial charge in [-0.05, 0) is 29.7 Å². The van der Waals surface area contributed by atoms with Crippen molar-refractivity contribution in [2.75, 3.05) is 0 Å². The predicted molar refractivity (Wildman–Crippen MR) is 99.7 cm³/mol. The lowest BCUT2D eigenvalue weighted by molar-refractivity contribution is -0.137. The lowest BCUT2D eigenvalue weighted by Crippen LogP contribution is -2.16. The molecule has 0 fully saturated rings. The summed E-state index contributed by atoms with van der Waals surface area (Å²) in [5, 5.41) is -0.438. The molecule has 0 saturated carbocycles. The van der Waals surface area contributed by atoms with Gasteiger partial charge in [-0.25, -0.2) is 15.0 Å². The average molecular weight is 423 g/mol. The van der Waals surface area contributed by atoms with Crippen LogP contribution in [0.15, 0.2) is 47.5 Å². The van der Waals surface area contributed by atoms with Gasteiger partial charge in [-0.2, -0.15) is 13.2 Å². The molecule has 10 heteroatoms. The van der Waals surface area contributed by atoms with E-state index in [9.17, 15) is 22.8 Å². The van der Waals surface area contributed by atoms with Gasteiger partial charge in [0.2, 0.25) is 0 Å². The predicted octanol–water partition coefficient (Wildman–Crippen LogP) is 4.28. The highest BCUT2D eigenvalue weighted by atomic mass is 35.5. The molecule has 0 spiro atoms. The number of hydrogen-bond donors (Lipinski definition) is 1. The number of hydrogen-bond acceptors (Lipinski definition) is 5. The standard InChI is InChI=1S/C19H14ClF3N4O2/c1-10(11-3-4-12(13(20)8-11)19(21,22)23)7-15(28)14-9-16(29)27-18(26-14)17-24-5-2-6-25-17/h2-6,8-10H,7H2,1H3,(H,26,27,29)/t10-/m0/s1. The van der Waals surface area contributed by atoms with Gasteiger partial charge in [0.25, 0.3) is 5.56 Å². The molecule has 1 aromatic carbocycles. The molecule has 0 bridgehead atoms. The highest BCUT2D eigenvalue weighted by Crippen LogP contribution is 2.36. The molecule has 1 N–H and O–H groups in total. The van der Waals surface area contributed by atoms with E-state index in [0.717, 1.165) is 12.1 Å². The minimum absolute atomic E-state index is 0.0478. The SMILES string of the molecule is C[C@@H](CC(=O)c1cc(=O)[nH]c(-c2ncccn2)n1)c1ccc(C(F)(F)F)c(Cl)c1. The van der Waals surface area contributed by atoms with Crippen LogP contribution in [0, 0.1) is 0 Å². The van der Waals surface area contributed by atoms with Gasteiger partial charge in [-0.15, -0.1) is 0 Å². The van der Waals surface area contributed by atoms with Gasteiger partial charge in [-0.3, -0.25) is 9.59 Å². The van der Waals surface area contributed by atoms with Crippen LogP contribution in [0.3, 0.4) is 0 Å². The van der Waals surface area contributed by atoms with Crippen LogP contribution in [-0.4, -0.2) is 25.7 Å². The number of carbonyl (C=O) groups is 1. The molecule has 0 radical (unpaired) electrons. The van der Waals surface area contributed by atoms with Crippen molar-refractivity contribution >= 4 is 17.4 Å². The number of H-pyrrole nitrogens is 1. The molecule has 0 aliphatic rings. The summed E-state index contributed by atoms with van der Waals surface area (Å²) in [7, 11) is 0. The van der Waals surface area contributed by atoms with E-state index in [1.807, 2.05) is 0 Å². The van der Waals surface area contributed by atoms with Crippen molar-refractivity contribution in [2.24, 2.45) is 0 Å². The Balaban J connectivity index is 1.83. The molecule has 29 heavy (non-hydrogen) atoms. The Morgan fingerprint density at radius 3 is 2.52 bits per heavy atom. The summed E-state index contributed by atoms with van der Waals surface area (Å²) in [5.41, 5.74) is -1.10. The van der Waals surface area contributed by atoms with Crippen LogP contribution in [0.4, 0.5) is 13.2 Å². The van der Waals surface area contributed by atoms with Crippen LogP contribution < -0.4 is 5.56 Å². The number of alkyl halides is 3. The number of carbonyl (C=O) groups excluding carboxylic acids is 1. The zero-order chi connectivity index (χ0) is 21.2. The second-order valence-corrected chi connectivity index (χ2v) is 6.72. The second-order valence-electron chi connectivity index (χ2n) is 6.32. The number of nitrogens with zero attached hydrogens (tertiary/aromatic N) is 3. The van der Waals surface area contributed by atoms with E-state index in [1.54, 1.807) is 13.0 Å². The minimum atomic E-state index is -4.56. The summed E-state index contributed by atoms with van der Waals surface area (Å²) in [5.74, 6) is -0.690. The summed E-state index contributed by atoms with van der Waals surface area (Å²) < 4.78 is 38.5. The zero-order valence-corrected chi connectivity index (χ0v) is 15.8. The van der Waals surface area contributed by atoms with Gasteiger partial charge in [0.05, 0.1) is 10.6 Å². The van der Waals surface area contributed by atoms with Gasteiger partial charge in [0, 0.05) is 24.9 Å². The summed E-state index contributed by atoms with van der Waals surface area (Å²) in [6.45, 7) is 1.67. The normalized spacial score (nSPS) is 12.6. The van der Waals surface area contributed by atoms with Crippen LogP contribution in [0.2, 0.25) is 5.02 Å². The number of benzene rings is 1. The van der Waals surface area contributed by atoms with E-state index in [2.05, 4.69) is 19.9 Å². The fourth-order valence-electron chi connectivity index (χ4n) is 2.70. The van der Waals surface area contributed by atoms with E-state index < -0.39 is 34.0 Å². The lowest BCUT2D eigenvalue weighted by Gasteiger charge is -2.14. The number of aromatic nitrogens is 4. The van der Waals surface area contributed by atoms with E-state index >= 15 is 0 Å². The van der Waals surface area contributed by atoms with Crippen molar-refractivity contribution in [2.45, 2.75) is 25.4 Å². The lowest BCUT2D eigenvalue weighted by atomic mass is 9.94. The Morgan fingerprint density at radius 1 is 1.21 bits per heavy atom. The molecule has 2 aromatic heterocycles. The van der Waals surface area contributed by atoms with E-state index in [1.165, 1.54) is 24.5 Å². The third-order valence-electron chi connectivity index (χ3n) is 4.16. The average Bonchev–Trinajstić information content (AvgIpc) is 2.67. The maximum atomic E-state index is 12.8. The molecule has 0 unspecified atom stereocenters. The molecule has 150 valence electrons. The van der Waals surface area contributed by atoms with Crippen molar-refractivity contribution in [1.29, 1.82) is 0 Å². The first-order valence-electron chi connectivity index (χ1n) is 8.43. The number of rotatable bonds is 5. The third kappa shape index (κ3) is 4.86. The number of nitrogens with one attached hydrogen (secondary N) is 1. The first-order chi connectivity index (χ1) is 13.6. The molecule has 6 nitrogen and oxygen atoms in total. The Bertz CT molecular complexity index is 1100. The highest BCUT2D eigenvalue weighted by molar-refractivity contribution is 6.31. The van der Waals surface area contributed by atoms with Gasteiger partial charge >= 0.3 is 6.18 Å². The van der Waals surface area contributed by atoms with Crippen LogP contribution in [0.5, 0.6) is 0 Å². The van der Waals surface area contributed by atoms with Crippen molar-refractivity contribution in [3.8, 4) is 11.6 Å². The fraction of sp³-hybridized carbons (Fsp3) is 0.211.